The summed E-state index contributed by atoms with van der Waals surface area (Å²) in [7, 11) is 0. The second kappa shape index (κ2) is 9.97. The molecule has 0 fully saturated rings. The minimum absolute atomic E-state index is 0.0268. The molecule has 5 nitrogen and oxygen atoms in total. The normalized spacial score (nSPS) is 12.2. The number of carbonyl (C=O) groups is 2. The van der Waals surface area contributed by atoms with Crippen LogP contribution < -0.4 is 15.5 Å². The van der Waals surface area contributed by atoms with Crippen LogP contribution in [0.25, 0.3) is 0 Å². The molecule has 3 aromatic carbocycles. The quantitative estimate of drug-likeness (QED) is 0.292. The molecule has 162 valence electrons. The van der Waals surface area contributed by atoms with Crippen molar-refractivity contribution in [1.29, 1.82) is 0 Å². The average molecular weight is 462 g/mol. The fourth-order valence-corrected chi connectivity index (χ4v) is 4.63. The minimum atomic E-state index is 0.0268. The molecule has 1 aliphatic rings. The number of amides is 1. The fourth-order valence-electron chi connectivity index (χ4n) is 3.57. The van der Waals surface area contributed by atoms with Gasteiger partial charge in [-0.15, -0.1) is 11.8 Å². The molecule has 3 aromatic rings. The van der Waals surface area contributed by atoms with Crippen molar-refractivity contribution in [3.8, 4) is 0 Å². The molecule has 0 aliphatic carbocycles. The average Bonchev–Trinajstić information content (AvgIpc) is 3.22. The van der Waals surface area contributed by atoms with Crippen molar-refractivity contribution in [2.75, 3.05) is 27.8 Å². The summed E-state index contributed by atoms with van der Waals surface area (Å²) in [5.41, 5.74) is 4.56. The first-order valence-electron chi connectivity index (χ1n) is 10.3. The summed E-state index contributed by atoms with van der Waals surface area (Å²) in [4.78, 5) is 27.0. The van der Waals surface area contributed by atoms with E-state index in [1.807, 2.05) is 59.5 Å². The Kier molecular flexibility index (Phi) is 6.87. The van der Waals surface area contributed by atoms with Crippen LogP contribution in [0, 0.1) is 0 Å². The topological polar surface area (TPSA) is 61.4 Å². The van der Waals surface area contributed by atoms with Crippen LogP contribution in [0.2, 0.25) is 0 Å². The van der Waals surface area contributed by atoms with Crippen molar-refractivity contribution in [3.05, 3.63) is 83.9 Å². The number of hydrogen-bond acceptors (Lipinski definition) is 4. The van der Waals surface area contributed by atoms with E-state index < -0.39 is 0 Å². The highest BCUT2D eigenvalue weighted by atomic mass is 32.2. The third-order valence-corrected chi connectivity index (χ3v) is 6.37. The van der Waals surface area contributed by atoms with E-state index in [0.717, 1.165) is 34.9 Å². The lowest BCUT2D eigenvalue weighted by Crippen LogP contribution is -2.30. The summed E-state index contributed by atoms with van der Waals surface area (Å²) in [6, 6.07) is 23.1. The zero-order chi connectivity index (χ0) is 22.5. The molecule has 32 heavy (non-hydrogen) atoms. The molecule has 0 saturated heterocycles. The summed E-state index contributed by atoms with van der Waals surface area (Å²) in [5.74, 6) is 0.520. The van der Waals surface area contributed by atoms with Gasteiger partial charge in [0.2, 0.25) is 5.91 Å². The van der Waals surface area contributed by atoms with E-state index >= 15 is 0 Å². The SMILES string of the molecule is CC(=O)c1ccc(NC(=S)Nc2cccc(SCC(=O)N3CCc4ccccc43)c2)cc1. The first-order chi connectivity index (χ1) is 15.5. The number of nitrogens with zero attached hydrogens (tertiary/aromatic N) is 1. The van der Waals surface area contributed by atoms with Crippen molar-refractivity contribution in [1.82, 2.24) is 0 Å². The Hall–Kier alpha value is -3.16. The van der Waals surface area contributed by atoms with Gasteiger partial charge in [0.1, 0.15) is 0 Å². The van der Waals surface area contributed by atoms with E-state index in [1.165, 1.54) is 24.2 Å². The molecule has 0 unspecified atom stereocenters. The van der Waals surface area contributed by atoms with Crippen LogP contribution in [0.5, 0.6) is 0 Å². The van der Waals surface area contributed by atoms with Gasteiger partial charge in [0.05, 0.1) is 5.75 Å². The fraction of sp³-hybridized carbons (Fsp3) is 0.160. The maximum absolute atomic E-state index is 12.8. The van der Waals surface area contributed by atoms with Gasteiger partial charge in [0, 0.05) is 34.1 Å². The second-order valence-corrected chi connectivity index (χ2v) is 8.91. The molecule has 0 spiro atoms. The highest BCUT2D eigenvalue weighted by Crippen LogP contribution is 2.29. The van der Waals surface area contributed by atoms with Crippen molar-refractivity contribution in [2.24, 2.45) is 0 Å². The largest absolute Gasteiger partial charge is 0.332 e. The van der Waals surface area contributed by atoms with Gasteiger partial charge in [0.25, 0.3) is 0 Å². The lowest BCUT2D eigenvalue weighted by atomic mass is 10.1. The highest BCUT2D eigenvalue weighted by Gasteiger charge is 2.23. The molecule has 1 amide bonds. The van der Waals surface area contributed by atoms with Gasteiger partial charge in [-0.05, 0) is 79.7 Å². The zero-order valence-electron chi connectivity index (χ0n) is 17.6. The molecule has 7 heteroatoms. The number of nitrogens with one attached hydrogen (secondary N) is 2. The van der Waals surface area contributed by atoms with Crippen LogP contribution in [-0.4, -0.2) is 29.1 Å². The Morgan fingerprint density at radius 1 is 0.969 bits per heavy atom. The monoisotopic (exact) mass is 461 g/mol. The number of benzene rings is 3. The third-order valence-electron chi connectivity index (χ3n) is 5.19. The van der Waals surface area contributed by atoms with Gasteiger partial charge in [0.15, 0.2) is 10.9 Å². The van der Waals surface area contributed by atoms with E-state index in [0.29, 0.717) is 16.4 Å². The molecular formula is C25H23N3O2S2. The van der Waals surface area contributed by atoms with Gasteiger partial charge in [-0.25, -0.2) is 0 Å². The Morgan fingerprint density at radius 2 is 1.72 bits per heavy atom. The van der Waals surface area contributed by atoms with Crippen molar-refractivity contribution in [2.45, 2.75) is 18.2 Å². The number of Topliss-reactive ketones (excluding diaryl/α,β-unsaturated/α-hetero) is 1. The number of thioether (sulfide) groups is 1. The van der Waals surface area contributed by atoms with E-state index in [9.17, 15) is 9.59 Å². The number of fused-ring (bicyclic) bond motifs is 1. The van der Waals surface area contributed by atoms with Gasteiger partial charge >= 0.3 is 0 Å². The predicted octanol–water partition coefficient (Wildman–Crippen LogP) is 5.38. The van der Waals surface area contributed by atoms with Crippen molar-refractivity contribution in [3.63, 3.8) is 0 Å². The van der Waals surface area contributed by atoms with Gasteiger partial charge in [-0.3, -0.25) is 9.59 Å². The predicted molar refractivity (Wildman–Crippen MR) is 136 cm³/mol. The van der Waals surface area contributed by atoms with E-state index in [4.69, 9.17) is 12.2 Å². The number of para-hydroxylation sites is 1. The van der Waals surface area contributed by atoms with Crippen LogP contribution in [0.15, 0.2) is 77.7 Å². The number of thiocarbonyl (C=S) groups is 1. The lowest BCUT2D eigenvalue weighted by molar-refractivity contribution is -0.116. The molecule has 0 radical (unpaired) electrons. The molecule has 4 rings (SSSR count). The number of rotatable bonds is 6. The standard InChI is InChI=1S/C25H23N3O2S2/c1-17(29)18-9-11-20(12-10-18)26-25(31)27-21-6-4-7-22(15-21)32-16-24(30)28-14-13-19-5-2-3-8-23(19)28/h2-12,15H,13-14,16H2,1H3,(H2,26,27,31). The molecule has 0 saturated carbocycles. The zero-order valence-corrected chi connectivity index (χ0v) is 19.3. The Morgan fingerprint density at radius 3 is 2.50 bits per heavy atom. The molecule has 1 aliphatic heterocycles. The summed E-state index contributed by atoms with van der Waals surface area (Å²) in [6.45, 7) is 2.28. The summed E-state index contributed by atoms with van der Waals surface area (Å²) in [5, 5.41) is 6.73. The third kappa shape index (κ3) is 5.36. The maximum atomic E-state index is 12.8. The van der Waals surface area contributed by atoms with Crippen LogP contribution in [0.4, 0.5) is 17.1 Å². The van der Waals surface area contributed by atoms with Crippen molar-refractivity contribution >= 4 is 57.8 Å². The van der Waals surface area contributed by atoms with Crippen LogP contribution >= 0.6 is 24.0 Å². The summed E-state index contributed by atoms with van der Waals surface area (Å²) < 4.78 is 0. The van der Waals surface area contributed by atoms with Gasteiger partial charge in [-0.2, -0.15) is 0 Å². The molecule has 0 atom stereocenters. The van der Waals surface area contributed by atoms with Crippen LogP contribution in [-0.2, 0) is 11.2 Å². The van der Waals surface area contributed by atoms with E-state index in [2.05, 4.69) is 16.7 Å². The van der Waals surface area contributed by atoms with Gasteiger partial charge in [-0.1, -0.05) is 24.3 Å². The number of ketones is 1. The molecule has 0 bridgehead atoms. The van der Waals surface area contributed by atoms with Crippen LogP contribution in [0.3, 0.4) is 0 Å². The van der Waals surface area contributed by atoms with E-state index in [1.54, 1.807) is 12.1 Å². The molecule has 1 heterocycles. The van der Waals surface area contributed by atoms with Gasteiger partial charge < -0.3 is 15.5 Å². The smallest absolute Gasteiger partial charge is 0.237 e. The second-order valence-electron chi connectivity index (χ2n) is 7.45. The molecular weight excluding hydrogens is 438 g/mol. The number of anilines is 3. The summed E-state index contributed by atoms with van der Waals surface area (Å²) >= 11 is 6.92. The Bertz CT molecular complexity index is 1160. The maximum Gasteiger partial charge on any atom is 0.237 e. The van der Waals surface area contributed by atoms with Crippen molar-refractivity contribution < 1.29 is 9.59 Å². The minimum Gasteiger partial charge on any atom is -0.332 e. The lowest BCUT2D eigenvalue weighted by Gasteiger charge is -2.17. The number of hydrogen-bond donors (Lipinski definition) is 2. The highest BCUT2D eigenvalue weighted by molar-refractivity contribution is 8.00. The first kappa shape index (κ1) is 22.0. The molecule has 2 N–H and O–H groups in total. The van der Waals surface area contributed by atoms with E-state index in [-0.39, 0.29) is 11.7 Å². The first-order valence-corrected chi connectivity index (χ1v) is 11.7. The summed E-state index contributed by atoms with van der Waals surface area (Å²) in [6.07, 6.45) is 0.911. The molecule has 0 aromatic heterocycles. The Labute approximate surface area is 197 Å². The van der Waals surface area contributed by atoms with Crippen LogP contribution in [0.1, 0.15) is 22.8 Å². The Balaban J connectivity index is 1.32. The number of carbonyl (C=O) groups excluding carboxylic acids is 2.